The Balaban J connectivity index is 2.39. The van der Waals surface area contributed by atoms with Gasteiger partial charge in [0.05, 0.1) is 0 Å². The minimum absolute atomic E-state index is 0.150. The van der Waals surface area contributed by atoms with Gasteiger partial charge in [-0.05, 0) is 41.4 Å². The van der Waals surface area contributed by atoms with Crippen LogP contribution >= 0.6 is 0 Å². The van der Waals surface area contributed by atoms with Crippen LogP contribution in [0.15, 0.2) is 18.2 Å². The van der Waals surface area contributed by atoms with Gasteiger partial charge in [0.25, 0.3) is 0 Å². The molecular weight excluding hydrogens is 234 g/mol. The number of rotatable bonds is 2. The van der Waals surface area contributed by atoms with Crippen LogP contribution < -0.4 is 4.90 Å². The van der Waals surface area contributed by atoms with Gasteiger partial charge >= 0.3 is 0 Å². The first kappa shape index (κ1) is 14.1. The number of carbonyl (C=O) groups is 1. The molecule has 104 valence electrons. The van der Waals surface area contributed by atoms with Crippen molar-refractivity contribution in [1.82, 2.24) is 0 Å². The smallest absolute Gasteiger partial charge is 0.223 e. The molecule has 2 unspecified atom stereocenters. The lowest BCUT2D eigenvalue weighted by atomic mass is 9.86. The molecule has 2 nitrogen and oxygen atoms in total. The summed E-state index contributed by atoms with van der Waals surface area (Å²) in [5.74, 6) is 1.90. The molecule has 1 aliphatic rings. The highest BCUT2D eigenvalue weighted by Crippen LogP contribution is 2.33. The first-order chi connectivity index (χ1) is 8.90. The molecule has 0 spiro atoms. The van der Waals surface area contributed by atoms with Gasteiger partial charge < -0.3 is 4.90 Å². The maximum atomic E-state index is 11.8. The minimum Gasteiger partial charge on any atom is -0.312 e. The van der Waals surface area contributed by atoms with Gasteiger partial charge in [-0.3, -0.25) is 4.79 Å². The fraction of sp³-hybridized carbons (Fsp3) is 0.588. The van der Waals surface area contributed by atoms with Crippen LogP contribution in [-0.4, -0.2) is 12.5 Å². The number of hydrogen-bond donors (Lipinski definition) is 0. The van der Waals surface area contributed by atoms with E-state index in [1.165, 1.54) is 11.1 Å². The second-order valence-electron chi connectivity index (χ2n) is 6.36. The van der Waals surface area contributed by atoms with Gasteiger partial charge in [-0.2, -0.15) is 0 Å². The third-order valence-corrected chi connectivity index (χ3v) is 4.36. The molecule has 1 aromatic carbocycles. The molecule has 1 aliphatic heterocycles. The Hall–Kier alpha value is -1.31. The van der Waals surface area contributed by atoms with E-state index in [0.29, 0.717) is 17.8 Å². The van der Waals surface area contributed by atoms with E-state index in [2.05, 4.69) is 45.9 Å². The van der Waals surface area contributed by atoms with Crippen LogP contribution in [0, 0.1) is 11.8 Å². The van der Waals surface area contributed by atoms with E-state index in [-0.39, 0.29) is 5.91 Å². The molecule has 1 heterocycles. The highest BCUT2D eigenvalue weighted by Gasteiger charge is 2.25. The van der Waals surface area contributed by atoms with Crippen LogP contribution in [0.2, 0.25) is 0 Å². The fourth-order valence-electron chi connectivity index (χ4n) is 2.85. The topological polar surface area (TPSA) is 20.3 Å². The van der Waals surface area contributed by atoms with Crippen LogP contribution in [0.25, 0.3) is 0 Å². The molecule has 0 N–H and O–H groups in total. The molecule has 2 rings (SSSR count). The molecule has 0 saturated carbocycles. The quantitative estimate of drug-likeness (QED) is 0.786. The molecule has 0 bridgehead atoms. The Labute approximate surface area is 116 Å². The number of fused-ring (bicyclic) bond motifs is 1. The molecular formula is C17H25NO. The summed E-state index contributed by atoms with van der Waals surface area (Å²) in [6, 6.07) is 6.64. The molecule has 19 heavy (non-hydrogen) atoms. The molecule has 1 amide bonds. The van der Waals surface area contributed by atoms with Gasteiger partial charge in [-0.25, -0.2) is 0 Å². The number of amides is 1. The fourth-order valence-corrected chi connectivity index (χ4v) is 2.85. The summed E-state index contributed by atoms with van der Waals surface area (Å²) < 4.78 is 0. The van der Waals surface area contributed by atoms with Crippen molar-refractivity contribution in [3.05, 3.63) is 29.3 Å². The van der Waals surface area contributed by atoms with Gasteiger partial charge in [0.1, 0.15) is 0 Å². The SMILES string of the molecule is CC(=O)N1CC(C)Cc2cc(C(C)C(C)C)ccc21. The van der Waals surface area contributed by atoms with Crippen LogP contribution in [-0.2, 0) is 11.2 Å². The van der Waals surface area contributed by atoms with Crippen LogP contribution in [0.5, 0.6) is 0 Å². The van der Waals surface area contributed by atoms with E-state index in [1.54, 1.807) is 6.92 Å². The second-order valence-corrected chi connectivity index (χ2v) is 6.36. The van der Waals surface area contributed by atoms with Crippen molar-refractivity contribution in [3.63, 3.8) is 0 Å². The third-order valence-electron chi connectivity index (χ3n) is 4.36. The lowest BCUT2D eigenvalue weighted by molar-refractivity contribution is -0.116. The largest absolute Gasteiger partial charge is 0.312 e. The predicted molar refractivity (Wildman–Crippen MR) is 80.6 cm³/mol. The van der Waals surface area contributed by atoms with E-state index in [0.717, 1.165) is 18.7 Å². The maximum Gasteiger partial charge on any atom is 0.223 e. The number of anilines is 1. The van der Waals surface area contributed by atoms with Crippen LogP contribution in [0.3, 0.4) is 0 Å². The van der Waals surface area contributed by atoms with Crippen molar-refractivity contribution >= 4 is 11.6 Å². The molecule has 0 aromatic heterocycles. The van der Waals surface area contributed by atoms with Gasteiger partial charge in [-0.15, -0.1) is 0 Å². The normalized spacial score (nSPS) is 20.3. The summed E-state index contributed by atoms with van der Waals surface area (Å²) in [5.41, 5.74) is 3.84. The van der Waals surface area contributed by atoms with Crippen molar-refractivity contribution in [2.75, 3.05) is 11.4 Å². The highest BCUT2D eigenvalue weighted by atomic mass is 16.2. The molecule has 0 radical (unpaired) electrons. The Morgan fingerprint density at radius 2 is 2.00 bits per heavy atom. The molecule has 1 aromatic rings. The zero-order valence-corrected chi connectivity index (χ0v) is 12.7. The summed E-state index contributed by atoms with van der Waals surface area (Å²) in [6.07, 6.45) is 1.08. The molecule has 2 atom stereocenters. The van der Waals surface area contributed by atoms with Crippen molar-refractivity contribution in [2.24, 2.45) is 11.8 Å². The third kappa shape index (κ3) is 2.83. The van der Waals surface area contributed by atoms with E-state index in [9.17, 15) is 4.79 Å². The van der Waals surface area contributed by atoms with Crippen molar-refractivity contribution < 1.29 is 4.79 Å². The molecule has 0 saturated heterocycles. The summed E-state index contributed by atoms with van der Waals surface area (Å²) in [4.78, 5) is 13.7. The van der Waals surface area contributed by atoms with E-state index in [4.69, 9.17) is 0 Å². The van der Waals surface area contributed by atoms with E-state index in [1.807, 2.05) is 4.90 Å². The molecule has 0 fully saturated rings. The number of carbonyl (C=O) groups excluding carboxylic acids is 1. The Morgan fingerprint density at radius 3 is 2.58 bits per heavy atom. The van der Waals surface area contributed by atoms with E-state index < -0.39 is 0 Å². The number of benzene rings is 1. The Morgan fingerprint density at radius 1 is 1.32 bits per heavy atom. The average molecular weight is 259 g/mol. The van der Waals surface area contributed by atoms with Crippen molar-refractivity contribution in [2.45, 2.75) is 47.0 Å². The first-order valence-electron chi connectivity index (χ1n) is 7.31. The summed E-state index contributed by atoms with van der Waals surface area (Å²) in [6.45, 7) is 11.5. The maximum absolute atomic E-state index is 11.8. The van der Waals surface area contributed by atoms with Crippen molar-refractivity contribution in [3.8, 4) is 0 Å². The Bertz CT molecular complexity index is 478. The summed E-state index contributed by atoms with van der Waals surface area (Å²) in [7, 11) is 0. The lowest BCUT2D eigenvalue weighted by Gasteiger charge is -2.33. The minimum atomic E-state index is 0.150. The number of hydrogen-bond acceptors (Lipinski definition) is 1. The second kappa shape index (κ2) is 5.36. The molecule has 0 aliphatic carbocycles. The molecule has 2 heteroatoms. The zero-order valence-electron chi connectivity index (χ0n) is 12.7. The summed E-state index contributed by atoms with van der Waals surface area (Å²) >= 11 is 0. The van der Waals surface area contributed by atoms with Gasteiger partial charge in [0.2, 0.25) is 5.91 Å². The standard InChI is InChI=1S/C17H25NO/c1-11(2)13(4)15-6-7-17-16(9-15)8-12(3)10-18(17)14(5)19/h6-7,9,11-13H,8,10H2,1-5H3. The van der Waals surface area contributed by atoms with Gasteiger partial charge in [0, 0.05) is 19.2 Å². The Kier molecular flexibility index (Phi) is 3.98. The summed E-state index contributed by atoms with van der Waals surface area (Å²) in [5, 5.41) is 0. The number of nitrogens with zero attached hydrogens (tertiary/aromatic N) is 1. The average Bonchev–Trinajstić information content (AvgIpc) is 2.35. The van der Waals surface area contributed by atoms with Gasteiger partial charge in [0.15, 0.2) is 0 Å². The highest BCUT2D eigenvalue weighted by molar-refractivity contribution is 5.92. The van der Waals surface area contributed by atoms with E-state index >= 15 is 0 Å². The van der Waals surface area contributed by atoms with Crippen LogP contribution in [0.1, 0.15) is 51.7 Å². The first-order valence-corrected chi connectivity index (χ1v) is 7.31. The monoisotopic (exact) mass is 259 g/mol. The van der Waals surface area contributed by atoms with Crippen molar-refractivity contribution in [1.29, 1.82) is 0 Å². The van der Waals surface area contributed by atoms with Crippen LogP contribution in [0.4, 0.5) is 5.69 Å². The zero-order chi connectivity index (χ0) is 14.2. The van der Waals surface area contributed by atoms with Gasteiger partial charge in [-0.1, -0.05) is 39.8 Å². The predicted octanol–water partition coefficient (Wildman–Crippen LogP) is 3.99. The lowest BCUT2D eigenvalue weighted by Crippen LogP contribution is -2.37.